The molecule has 0 unspecified atom stereocenters. The highest BCUT2D eigenvalue weighted by molar-refractivity contribution is 7.99. The fourth-order valence-electron chi connectivity index (χ4n) is 1.30. The SMILES string of the molecule is CC(C)CCSc1nc(Cl)nc2sccc12. The molecule has 2 nitrogen and oxygen atoms in total. The molecule has 16 heavy (non-hydrogen) atoms. The lowest BCUT2D eigenvalue weighted by molar-refractivity contribution is 0.632. The topological polar surface area (TPSA) is 25.8 Å². The first-order valence-corrected chi connectivity index (χ1v) is 7.44. The third-order valence-corrected chi connectivity index (χ3v) is 4.20. The van der Waals surface area contributed by atoms with Crippen LogP contribution in [0.1, 0.15) is 20.3 Å². The highest BCUT2D eigenvalue weighted by Gasteiger charge is 2.08. The van der Waals surface area contributed by atoms with Gasteiger partial charge in [-0.3, -0.25) is 0 Å². The molecule has 0 aliphatic heterocycles. The monoisotopic (exact) mass is 272 g/mol. The number of aromatic nitrogens is 2. The van der Waals surface area contributed by atoms with Gasteiger partial charge >= 0.3 is 0 Å². The molecule has 86 valence electrons. The maximum atomic E-state index is 5.89. The summed E-state index contributed by atoms with van der Waals surface area (Å²) in [7, 11) is 0. The van der Waals surface area contributed by atoms with E-state index in [1.807, 2.05) is 5.38 Å². The molecule has 2 heterocycles. The first-order valence-electron chi connectivity index (χ1n) is 5.20. The van der Waals surface area contributed by atoms with E-state index in [2.05, 4.69) is 29.9 Å². The Morgan fingerprint density at radius 1 is 1.44 bits per heavy atom. The lowest BCUT2D eigenvalue weighted by Crippen LogP contribution is -1.92. The molecule has 0 saturated carbocycles. The molecule has 0 aliphatic rings. The molecule has 2 aromatic rings. The molecular formula is C11H13ClN2S2. The molecule has 0 bridgehead atoms. The van der Waals surface area contributed by atoms with Crippen molar-refractivity contribution in [3.63, 3.8) is 0 Å². The van der Waals surface area contributed by atoms with E-state index in [-0.39, 0.29) is 0 Å². The fourth-order valence-corrected chi connectivity index (χ4v) is 3.66. The van der Waals surface area contributed by atoms with E-state index >= 15 is 0 Å². The zero-order chi connectivity index (χ0) is 11.5. The van der Waals surface area contributed by atoms with Crippen LogP contribution in [0.2, 0.25) is 5.28 Å². The minimum atomic E-state index is 0.349. The third-order valence-electron chi connectivity index (χ3n) is 2.20. The molecule has 2 rings (SSSR count). The van der Waals surface area contributed by atoms with Crippen LogP contribution < -0.4 is 0 Å². The van der Waals surface area contributed by atoms with Crippen LogP contribution in [0.25, 0.3) is 10.2 Å². The highest BCUT2D eigenvalue weighted by Crippen LogP contribution is 2.30. The van der Waals surface area contributed by atoms with Crippen LogP contribution in [-0.2, 0) is 0 Å². The van der Waals surface area contributed by atoms with Crippen molar-refractivity contribution in [1.82, 2.24) is 9.97 Å². The summed E-state index contributed by atoms with van der Waals surface area (Å²) in [4.78, 5) is 9.47. The van der Waals surface area contributed by atoms with Crippen molar-refractivity contribution >= 4 is 44.9 Å². The first kappa shape index (κ1) is 12.1. The summed E-state index contributed by atoms with van der Waals surface area (Å²) in [5.41, 5.74) is 0. The van der Waals surface area contributed by atoms with Gasteiger partial charge in [-0.1, -0.05) is 13.8 Å². The average molecular weight is 273 g/mol. The van der Waals surface area contributed by atoms with Gasteiger partial charge in [0.25, 0.3) is 0 Å². The number of thiophene rings is 1. The van der Waals surface area contributed by atoms with E-state index in [4.69, 9.17) is 11.6 Å². The molecule has 0 fully saturated rings. The Kier molecular flexibility index (Phi) is 4.05. The number of hydrogen-bond acceptors (Lipinski definition) is 4. The number of hydrogen-bond donors (Lipinski definition) is 0. The van der Waals surface area contributed by atoms with Gasteiger partial charge in [0, 0.05) is 5.39 Å². The molecule has 0 atom stereocenters. The lowest BCUT2D eigenvalue weighted by Gasteiger charge is -2.04. The minimum absolute atomic E-state index is 0.349. The Hall–Kier alpha value is -0.320. The maximum absolute atomic E-state index is 5.89. The first-order chi connectivity index (χ1) is 7.66. The Morgan fingerprint density at radius 2 is 2.25 bits per heavy atom. The summed E-state index contributed by atoms with van der Waals surface area (Å²) in [5, 5.41) is 4.52. The Labute approximate surface area is 108 Å². The molecule has 0 spiro atoms. The van der Waals surface area contributed by atoms with Crippen LogP contribution in [0.4, 0.5) is 0 Å². The van der Waals surface area contributed by atoms with Crippen molar-refractivity contribution in [3.05, 3.63) is 16.7 Å². The largest absolute Gasteiger partial charge is 0.224 e. The second-order valence-electron chi connectivity index (χ2n) is 3.97. The quantitative estimate of drug-likeness (QED) is 0.466. The molecular weight excluding hydrogens is 260 g/mol. The predicted octanol–water partition coefficient (Wildman–Crippen LogP) is 4.48. The number of nitrogens with zero attached hydrogens (tertiary/aromatic N) is 2. The Bertz CT molecular complexity index is 482. The zero-order valence-electron chi connectivity index (χ0n) is 9.24. The van der Waals surface area contributed by atoms with Crippen LogP contribution in [-0.4, -0.2) is 15.7 Å². The van der Waals surface area contributed by atoms with Gasteiger partial charge in [-0.2, -0.15) is 0 Å². The van der Waals surface area contributed by atoms with Crippen molar-refractivity contribution in [2.75, 3.05) is 5.75 Å². The van der Waals surface area contributed by atoms with Crippen LogP contribution in [0.5, 0.6) is 0 Å². The summed E-state index contributed by atoms with van der Waals surface area (Å²) in [6, 6.07) is 2.06. The highest BCUT2D eigenvalue weighted by atomic mass is 35.5. The van der Waals surface area contributed by atoms with Crippen LogP contribution in [0.3, 0.4) is 0 Å². The van der Waals surface area contributed by atoms with E-state index in [1.54, 1.807) is 23.1 Å². The van der Waals surface area contributed by atoms with Gasteiger partial charge < -0.3 is 0 Å². The van der Waals surface area contributed by atoms with E-state index in [0.717, 1.165) is 26.9 Å². The molecule has 0 aliphatic carbocycles. The van der Waals surface area contributed by atoms with Gasteiger partial charge in [0.1, 0.15) is 9.86 Å². The normalized spacial score (nSPS) is 11.5. The van der Waals surface area contributed by atoms with E-state index in [1.165, 1.54) is 6.42 Å². The number of rotatable bonds is 4. The van der Waals surface area contributed by atoms with Crippen molar-refractivity contribution in [2.45, 2.75) is 25.3 Å². The third kappa shape index (κ3) is 2.87. The lowest BCUT2D eigenvalue weighted by atomic mass is 10.2. The van der Waals surface area contributed by atoms with Gasteiger partial charge in [-0.25, -0.2) is 9.97 Å². The fraction of sp³-hybridized carbons (Fsp3) is 0.455. The van der Waals surface area contributed by atoms with Crippen molar-refractivity contribution in [3.8, 4) is 0 Å². The Balaban J connectivity index is 2.19. The summed E-state index contributed by atoms with van der Waals surface area (Å²) < 4.78 is 0. The number of thioether (sulfide) groups is 1. The molecule has 0 aromatic carbocycles. The van der Waals surface area contributed by atoms with E-state index in [0.29, 0.717) is 5.28 Å². The maximum Gasteiger partial charge on any atom is 0.224 e. The second-order valence-corrected chi connectivity index (χ2v) is 6.28. The van der Waals surface area contributed by atoms with Gasteiger partial charge in [0.2, 0.25) is 5.28 Å². The van der Waals surface area contributed by atoms with Crippen molar-refractivity contribution in [1.29, 1.82) is 0 Å². The number of fused-ring (bicyclic) bond motifs is 1. The molecule has 0 N–H and O–H groups in total. The van der Waals surface area contributed by atoms with Crippen LogP contribution in [0.15, 0.2) is 16.5 Å². The van der Waals surface area contributed by atoms with Gasteiger partial charge in [-0.15, -0.1) is 23.1 Å². The summed E-state index contributed by atoms with van der Waals surface area (Å²) >= 11 is 9.27. The number of halogens is 1. The molecule has 5 heteroatoms. The van der Waals surface area contributed by atoms with Crippen LogP contribution >= 0.6 is 34.7 Å². The standard InChI is InChI=1S/C11H13ClN2S2/c1-7(2)3-5-15-9-8-4-6-16-10(8)14-11(12)13-9/h4,6-7H,3,5H2,1-2H3. The molecule has 0 radical (unpaired) electrons. The van der Waals surface area contributed by atoms with Gasteiger partial charge in [0.05, 0.1) is 0 Å². The van der Waals surface area contributed by atoms with Crippen molar-refractivity contribution < 1.29 is 0 Å². The zero-order valence-corrected chi connectivity index (χ0v) is 11.6. The van der Waals surface area contributed by atoms with E-state index in [9.17, 15) is 0 Å². The predicted molar refractivity (Wildman–Crippen MR) is 72.6 cm³/mol. The smallest absolute Gasteiger partial charge is 0.211 e. The summed E-state index contributed by atoms with van der Waals surface area (Å²) in [5.74, 6) is 1.80. The van der Waals surface area contributed by atoms with Gasteiger partial charge in [0.15, 0.2) is 0 Å². The molecule has 0 saturated heterocycles. The van der Waals surface area contributed by atoms with Crippen LogP contribution in [0, 0.1) is 5.92 Å². The Morgan fingerprint density at radius 3 is 3.00 bits per heavy atom. The summed E-state index contributed by atoms with van der Waals surface area (Å²) in [6.45, 7) is 4.46. The van der Waals surface area contributed by atoms with Crippen molar-refractivity contribution in [2.24, 2.45) is 5.92 Å². The second kappa shape index (κ2) is 5.34. The van der Waals surface area contributed by atoms with E-state index < -0.39 is 0 Å². The summed E-state index contributed by atoms with van der Waals surface area (Å²) in [6.07, 6.45) is 1.19. The molecule has 0 amide bonds. The average Bonchev–Trinajstić information content (AvgIpc) is 2.64. The van der Waals surface area contributed by atoms with Gasteiger partial charge in [-0.05, 0) is 41.1 Å². The molecule has 2 aromatic heterocycles. The minimum Gasteiger partial charge on any atom is -0.211 e.